The van der Waals surface area contributed by atoms with Gasteiger partial charge in [-0.1, -0.05) is 307 Å². The van der Waals surface area contributed by atoms with E-state index < -0.39 is 91.5 Å². The molecule has 5 unspecified atom stereocenters. The molecule has 0 radical (unpaired) electrons. The first-order valence-corrected chi connectivity index (χ1v) is 43.8. The van der Waals surface area contributed by atoms with Crippen molar-refractivity contribution in [3.8, 4) is 0 Å². The van der Waals surface area contributed by atoms with Crippen molar-refractivity contribution in [2.45, 2.75) is 334 Å². The third-order valence-corrected chi connectivity index (χ3v) is 18.6. The highest BCUT2D eigenvalue weighted by atomic mass is 31.2. The molecule has 0 rings (SSSR count). The van der Waals surface area contributed by atoms with E-state index in [0.29, 0.717) is 19.3 Å². The molecule has 0 aromatic rings. The zero-order valence-electron chi connectivity index (χ0n) is 65.6. The lowest BCUT2D eigenvalue weighted by Crippen LogP contribution is -2.30. The molecule has 0 aliphatic carbocycles. The van der Waals surface area contributed by atoms with Gasteiger partial charge < -0.3 is 34.2 Å². The molecular formula is C87H146O16P2. The average Bonchev–Trinajstić information content (AvgIpc) is 0.965. The Kier molecular flexibility index (Phi) is 75.1. The molecule has 0 saturated carbocycles. The molecule has 0 fully saturated rings. The Labute approximate surface area is 638 Å². The number of phosphoric acid groups is 2. The molecule has 600 valence electrons. The zero-order chi connectivity index (χ0) is 76.6. The summed E-state index contributed by atoms with van der Waals surface area (Å²) >= 11 is 0. The van der Waals surface area contributed by atoms with Crippen LogP contribution < -0.4 is 0 Å². The van der Waals surface area contributed by atoms with Crippen LogP contribution in [-0.4, -0.2) is 95.9 Å². The highest BCUT2D eigenvalue weighted by molar-refractivity contribution is 7.47. The standard InChI is InChI=1S/C87H146O16P2/c1-4-7-10-13-16-19-22-25-28-30-32-34-36-37-38-39-40-41-42-43-45-47-48-50-53-55-58-61-64-67-70-73-85(90)97-76-82(88)77-99-104(93,94)100-78-83(89)79-101-105(95,96)102-81-84(103-87(92)75-72-69-66-63-60-57-52-27-24-21-18-15-12-9-6-3)80-98-86(91)74-71-68-65-62-59-56-54-51-49-46-44-35-33-31-29-26-23-20-17-14-11-8-5-2/h7,9-10,12,16-21,25-29,32-35,37-38,40-41,46,49,52,82-84,88-89H,4-6,8,11,13-15,22-24,30-31,36,39,42-45,47-48,50-51,53-81H2,1-3H3,(H,93,94)(H,95,96)/b10-7-,12-9-,19-16-,20-17-,21-18-,28-25-,29-26-,34-32-,35-33-,38-37-,41-40-,49-46-,52-27-. The number of esters is 3. The van der Waals surface area contributed by atoms with Crippen LogP contribution in [0.2, 0.25) is 0 Å². The summed E-state index contributed by atoms with van der Waals surface area (Å²) in [6, 6.07) is 0. The van der Waals surface area contributed by atoms with Crippen molar-refractivity contribution in [3.63, 3.8) is 0 Å². The van der Waals surface area contributed by atoms with Gasteiger partial charge in [0, 0.05) is 19.3 Å². The van der Waals surface area contributed by atoms with Crippen LogP contribution in [0.15, 0.2) is 158 Å². The predicted octanol–water partition coefficient (Wildman–Crippen LogP) is 24.2. The Balaban J connectivity index is 4.54. The molecular weight excluding hydrogens is 1360 g/mol. The molecule has 4 N–H and O–H groups in total. The van der Waals surface area contributed by atoms with E-state index in [4.69, 9.17) is 32.3 Å². The number of hydrogen-bond donors (Lipinski definition) is 4. The van der Waals surface area contributed by atoms with E-state index in [9.17, 15) is 43.5 Å². The Morgan fingerprint density at radius 3 is 0.800 bits per heavy atom. The zero-order valence-corrected chi connectivity index (χ0v) is 67.4. The Hall–Kier alpha value is -4.83. The second kappa shape index (κ2) is 78.7. The lowest BCUT2D eigenvalue weighted by Gasteiger charge is -2.21. The number of allylic oxidation sites excluding steroid dienone is 26. The summed E-state index contributed by atoms with van der Waals surface area (Å²) in [6.07, 6.45) is 98.6. The van der Waals surface area contributed by atoms with Crippen LogP contribution >= 0.6 is 15.6 Å². The molecule has 0 bridgehead atoms. The highest BCUT2D eigenvalue weighted by Crippen LogP contribution is 2.45. The first kappa shape index (κ1) is 100. The summed E-state index contributed by atoms with van der Waals surface area (Å²) in [5.41, 5.74) is 0. The molecule has 0 aromatic carbocycles. The van der Waals surface area contributed by atoms with Crippen molar-refractivity contribution in [1.29, 1.82) is 0 Å². The van der Waals surface area contributed by atoms with E-state index in [-0.39, 0.29) is 19.3 Å². The van der Waals surface area contributed by atoms with Crippen LogP contribution in [0.25, 0.3) is 0 Å². The Morgan fingerprint density at radius 2 is 0.505 bits per heavy atom. The summed E-state index contributed by atoms with van der Waals surface area (Å²) in [5.74, 6) is -1.61. The minimum absolute atomic E-state index is 0.0786. The van der Waals surface area contributed by atoms with Crippen LogP contribution in [0.3, 0.4) is 0 Å². The highest BCUT2D eigenvalue weighted by Gasteiger charge is 2.29. The van der Waals surface area contributed by atoms with E-state index in [1.54, 1.807) is 0 Å². The molecule has 0 amide bonds. The van der Waals surface area contributed by atoms with Gasteiger partial charge in [0.2, 0.25) is 0 Å². The predicted molar refractivity (Wildman–Crippen MR) is 435 cm³/mol. The van der Waals surface area contributed by atoms with Gasteiger partial charge in [0.1, 0.15) is 25.4 Å². The van der Waals surface area contributed by atoms with Crippen molar-refractivity contribution in [2.24, 2.45) is 0 Å². The molecule has 0 heterocycles. The molecule has 0 aliphatic rings. The summed E-state index contributed by atoms with van der Waals surface area (Å²) in [6.45, 7) is 2.40. The van der Waals surface area contributed by atoms with Gasteiger partial charge in [-0.3, -0.25) is 32.5 Å². The lowest BCUT2D eigenvalue weighted by atomic mass is 10.0. The smallest absolute Gasteiger partial charge is 0.463 e. The van der Waals surface area contributed by atoms with Gasteiger partial charge >= 0.3 is 33.6 Å². The second-order valence-corrected chi connectivity index (χ2v) is 29.7. The van der Waals surface area contributed by atoms with Crippen LogP contribution in [0.5, 0.6) is 0 Å². The number of rotatable bonds is 76. The molecule has 0 spiro atoms. The van der Waals surface area contributed by atoms with Crippen LogP contribution in [0.4, 0.5) is 0 Å². The van der Waals surface area contributed by atoms with Gasteiger partial charge in [0.25, 0.3) is 0 Å². The summed E-state index contributed by atoms with van der Waals surface area (Å²) in [5, 5.41) is 20.7. The van der Waals surface area contributed by atoms with Gasteiger partial charge in [-0.25, -0.2) is 9.13 Å². The molecule has 105 heavy (non-hydrogen) atoms. The van der Waals surface area contributed by atoms with Crippen LogP contribution in [0, 0.1) is 0 Å². The van der Waals surface area contributed by atoms with Crippen LogP contribution in [-0.2, 0) is 55.8 Å². The fourth-order valence-electron chi connectivity index (χ4n) is 10.6. The largest absolute Gasteiger partial charge is 0.472 e. The maximum Gasteiger partial charge on any atom is 0.472 e. The topological polar surface area (TPSA) is 231 Å². The van der Waals surface area contributed by atoms with Gasteiger partial charge in [-0.15, -0.1) is 0 Å². The molecule has 0 saturated heterocycles. The van der Waals surface area contributed by atoms with Crippen molar-refractivity contribution >= 4 is 33.6 Å². The third-order valence-electron chi connectivity index (χ3n) is 16.7. The number of hydrogen-bond acceptors (Lipinski definition) is 14. The molecule has 0 aromatic heterocycles. The van der Waals surface area contributed by atoms with Crippen molar-refractivity contribution < 1.29 is 75.8 Å². The third kappa shape index (κ3) is 80.0. The molecule has 16 nitrogen and oxygen atoms in total. The SMILES string of the molecule is CC/C=C\C/C=C\C/C=C\C/C=C\C/C=C\C/C=C\CCCCCCCCCCCCCCC(=O)OCC(O)COP(=O)(O)OCC(O)COP(=O)(O)OCC(COC(=O)CCCCCCCCC/C=C\C/C=C\C/C=C\C/C=C\CCCCC)OC(=O)CCCCCCC/C=C\C/C=C\C/C=C\CC. The quantitative estimate of drug-likeness (QED) is 0.0146. The fourth-order valence-corrected chi connectivity index (χ4v) is 12.2. The lowest BCUT2D eigenvalue weighted by molar-refractivity contribution is -0.161. The van der Waals surface area contributed by atoms with Gasteiger partial charge in [-0.05, 0) is 148 Å². The van der Waals surface area contributed by atoms with E-state index in [2.05, 4.69) is 179 Å². The molecule has 18 heteroatoms. The number of carbonyl (C=O) groups is 3. The van der Waals surface area contributed by atoms with E-state index in [1.165, 1.54) is 77.0 Å². The van der Waals surface area contributed by atoms with E-state index >= 15 is 0 Å². The first-order chi connectivity index (χ1) is 51.2. The van der Waals surface area contributed by atoms with E-state index in [1.807, 2.05) is 0 Å². The Bertz CT molecular complexity index is 2540. The monoisotopic (exact) mass is 1510 g/mol. The number of unbranched alkanes of at least 4 members (excludes halogenated alkanes) is 27. The minimum Gasteiger partial charge on any atom is -0.463 e. The normalized spacial score (nSPS) is 14.8. The van der Waals surface area contributed by atoms with Crippen molar-refractivity contribution in [1.82, 2.24) is 0 Å². The average molecular weight is 1510 g/mol. The number of ether oxygens (including phenoxy) is 3. The maximum absolute atomic E-state index is 13.0. The van der Waals surface area contributed by atoms with E-state index in [0.717, 1.165) is 180 Å². The minimum atomic E-state index is -4.94. The summed E-state index contributed by atoms with van der Waals surface area (Å²) in [4.78, 5) is 58.7. The Morgan fingerprint density at radius 1 is 0.276 bits per heavy atom. The first-order valence-electron chi connectivity index (χ1n) is 40.8. The van der Waals surface area contributed by atoms with Crippen molar-refractivity contribution in [3.05, 3.63) is 158 Å². The van der Waals surface area contributed by atoms with Gasteiger partial charge in [0.05, 0.1) is 26.4 Å². The van der Waals surface area contributed by atoms with Gasteiger partial charge in [-0.2, -0.15) is 0 Å². The van der Waals surface area contributed by atoms with Crippen molar-refractivity contribution in [2.75, 3.05) is 39.6 Å². The fraction of sp³-hybridized carbons (Fsp3) is 0.667. The number of aliphatic hydroxyl groups is 2. The summed E-state index contributed by atoms with van der Waals surface area (Å²) < 4.78 is 61.2. The number of carbonyl (C=O) groups excluding carboxylic acids is 3. The second-order valence-electron chi connectivity index (χ2n) is 26.8. The number of aliphatic hydroxyl groups excluding tert-OH is 2. The van der Waals surface area contributed by atoms with Crippen LogP contribution in [0.1, 0.15) is 316 Å². The summed E-state index contributed by atoms with van der Waals surface area (Å²) in [7, 11) is -9.81. The molecule has 0 aliphatic heterocycles. The maximum atomic E-state index is 13.0. The molecule has 5 atom stereocenters. The van der Waals surface area contributed by atoms with Gasteiger partial charge in [0.15, 0.2) is 6.10 Å². The number of phosphoric ester groups is 2.